The summed E-state index contributed by atoms with van der Waals surface area (Å²) < 4.78 is 32.6. The van der Waals surface area contributed by atoms with Gasteiger partial charge in [-0.3, -0.25) is 9.59 Å². The second-order valence-electron chi connectivity index (χ2n) is 7.69. The van der Waals surface area contributed by atoms with Crippen molar-refractivity contribution >= 4 is 44.1 Å². The number of fused-ring (bicyclic) bond motifs is 2. The highest BCUT2D eigenvalue weighted by Gasteiger charge is 2.33. The summed E-state index contributed by atoms with van der Waals surface area (Å²) >= 11 is 1.11. The van der Waals surface area contributed by atoms with Crippen molar-refractivity contribution in [2.45, 2.75) is 25.8 Å². The molecule has 0 radical (unpaired) electrons. The molecule has 1 aromatic carbocycles. The molecule has 9 heteroatoms. The molecule has 1 aliphatic heterocycles. The molecule has 2 fully saturated rings. The second kappa shape index (κ2) is 6.50. The molecule has 0 atom stereocenters. The van der Waals surface area contributed by atoms with E-state index in [2.05, 4.69) is 5.32 Å². The predicted octanol–water partition coefficient (Wildman–Crippen LogP) is 2.65. The lowest BCUT2D eigenvalue weighted by Gasteiger charge is -2.30. The molecule has 1 saturated heterocycles. The Hall–Kier alpha value is -2.52. The molecule has 5 rings (SSSR count). The van der Waals surface area contributed by atoms with Crippen molar-refractivity contribution < 1.29 is 13.6 Å². The van der Waals surface area contributed by atoms with Gasteiger partial charge in [-0.05, 0) is 31.4 Å². The summed E-state index contributed by atoms with van der Waals surface area (Å²) in [4.78, 5) is 27.6. The number of nitrogens with one attached hydrogen (secondary N) is 1. The largest absolute Gasteiger partial charge is 0.365 e. The summed E-state index contributed by atoms with van der Waals surface area (Å²) in [5.74, 6) is -2.07. The van der Waals surface area contributed by atoms with Crippen molar-refractivity contribution in [2.75, 3.05) is 31.1 Å². The maximum Gasteiger partial charge on any atom is 0.259 e. The Morgan fingerprint density at radius 2 is 1.97 bits per heavy atom. The third kappa shape index (κ3) is 2.67. The summed E-state index contributed by atoms with van der Waals surface area (Å²) in [6, 6.07) is 1.17. The minimum atomic E-state index is -0.737. The number of thiophene rings is 1. The minimum Gasteiger partial charge on any atom is -0.365 e. The highest BCUT2D eigenvalue weighted by Crippen LogP contribution is 2.44. The first-order valence-corrected chi connectivity index (χ1v) is 10.5. The Labute approximate surface area is 168 Å². The van der Waals surface area contributed by atoms with Crippen LogP contribution in [0.15, 0.2) is 10.9 Å². The number of hydrogen-bond donors (Lipinski definition) is 2. The van der Waals surface area contributed by atoms with Crippen LogP contribution >= 0.6 is 11.3 Å². The SMILES string of the molecule is Cc1c(C(N)=O)sc2c1c(=O)c1cc(F)c(N3CCNCC3)c(F)c1n2C1CC1. The lowest BCUT2D eigenvalue weighted by Crippen LogP contribution is -2.44. The molecular weight excluding hydrogens is 398 g/mol. The van der Waals surface area contributed by atoms with E-state index in [-0.39, 0.29) is 27.5 Å². The van der Waals surface area contributed by atoms with Crippen molar-refractivity contribution in [2.24, 2.45) is 5.73 Å². The van der Waals surface area contributed by atoms with Crippen LogP contribution in [0.5, 0.6) is 0 Å². The number of rotatable bonds is 3. The number of nitrogens with two attached hydrogens (primary N) is 1. The topological polar surface area (TPSA) is 80.4 Å². The van der Waals surface area contributed by atoms with Crippen LogP contribution in [0, 0.1) is 18.6 Å². The van der Waals surface area contributed by atoms with Crippen LogP contribution in [0.3, 0.4) is 0 Å². The highest BCUT2D eigenvalue weighted by atomic mass is 32.1. The number of aromatic nitrogens is 1. The molecule has 29 heavy (non-hydrogen) atoms. The van der Waals surface area contributed by atoms with E-state index < -0.39 is 23.0 Å². The number of carbonyl (C=O) groups excluding carboxylic acids is 1. The molecule has 3 aromatic rings. The fraction of sp³-hybridized carbons (Fsp3) is 0.400. The highest BCUT2D eigenvalue weighted by molar-refractivity contribution is 7.20. The summed E-state index contributed by atoms with van der Waals surface area (Å²) in [6.45, 7) is 3.90. The molecule has 1 saturated carbocycles. The molecule has 0 spiro atoms. The number of hydrogen-bond acceptors (Lipinski definition) is 5. The van der Waals surface area contributed by atoms with Gasteiger partial charge in [0.1, 0.15) is 16.3 Å². The van der Waals surface area contributed by atoms with Gasteiger partial charge in [-0.15, -0.1) is 11.3 Å². The lowest BCUT2D eigenvalue weighted by molar-refractivity contribution is 0.100. The average Bonchev–Trinajstić information content (AvgIpc) is 3.46. The van der Waals surface area contributed by atoms with E-state index in [1.165, 1.54) is 0 Å². The number of piperazine rings is 1. The number of nitrogens with zero attached hydrogens (tertiary/aromatic N) is 2. The number of benzene rings is 1. The molecular formula is C20H20F2N4O2S. The van der Waals surface area contributed by atoms with Gasteiger partial charge in [0.2, 0.25) is 0 Å². The fourth-order valence-corrected chi connectivity index (χ4v) is 5.51. The van der Waals surface area contributed by atoms with E-state index in [0.717, 1.165) is 30.2 Å². The summed E-state index contributed by atoms with van der Waals surface area (Å²) in [5.41, 5.74) is 5.54. The van der Waals surface area contributed by atoms with Crippen LogP contribution in [0.2, 0.25) is 0 Å². The van der Waals surface area contributed by atoms with Gasteiger partial charge in [-0.25, -0.2) is 8.78 Å². The molecule has 2 aromatic heterocycles. The van der Waals surface area contributed by atoms with Crippen molar-refractivity contribution in [1.29, 1.82) is 0 Å². The van der Waals surface area contributed by atoms with Crippen molar-refractivity contribution in [3.8, 4) is 0 Å². The summed E-state index contributed by atoms with van der Waals surface area (Å²) in [7, 11) is 0. The van der Waals surface area contributed by atoms with Gasteiger partial charge in [0.15, 0.2) is 11.2 Å². The van der Waals surface area contributed by atoms with Crippen molar-refractivity contribution in [1.82, 2.24) is 9.88 Å². The van der Waals surface area contributed by atoms with Gasteiger partial charge in [0.05, 0.1) is 21.2 Å². The molecule has 0 unspecified atom stereocenters. The number of halogens is 2. The predicted molar refractivity (Wildman–Crippen MR) is 110 cm³/mol. The Bertz CT molecular complexity index is 1240. The van der Waals surface area contributed by atoms with E-state index >= 15 is 8.78 Å². The minimum absolute atomic E-state index is 0.00945. The van der Waals surface area contributed by atoms with Crippen LogP contribution in [-0.4, -0.2) is 36.7 Å². The fourth-order valence-electron chi connectivity index (χ4n) is 4.27. The average molecular weight is 418 g/mol. The van der Waals surface area contributed by atoms with Gasteiger partial charge >= 0.3 is 0 Å². The van der Waals surface area contributed by atoms with Crippen LogP contribution in [0.4, 0.5) is 14.5 Å². The normalized spacial score (nSPS) is 17.4. The summed E-state index contributed by atoms with van der Waals surface area (Å²) in [5, 5.41) is 3.51. The Morgan fingerprint density at radius 3 is 2.59 bits per heavy atom. The van der Waals surface area contributed by atoms with E-state index in [1.54, 1.807) is 16.4 Å². The third-order valence-corrected chi connectivity index (χ3v) is 7.10. The van der Waals surface area contributed by atoms with E-state index in [9.17, 15) is 9.59 Å². The van der Waals surface area contributed by atoms with E-state index in [4.69, 9.17) is 5.73 Å². The van der Waals surface area contributed by atoms with Gasteiger partial charge in [-0.1, -0.05) is 0 Å². The maximum absolute atomic E-state index is 15.8. The lowest BCUT2D eigenvalue weighted by atomic mass is 10.1. The van der Waals surface area contributed by atoms with Gasteiger partial charge < -0.3 is 20.5 Å². The molecule has 3 N–H and O–H groups in total. The van der Waals surface area contributed by atoms with Crippen molar-refractivity contribution in [3.05, 3.63) is 38.4 Å². The Kier molecular flexibility index (Phi) is 4.15. The van der Waals surface area contributed by atoms with Crippen LogP contribution < -0.4 is 21.4 Å². The standard InChI is InChI=1S/C20H20F2N4O2S/c1-9-13-17(27)11-8-12(21)16(25-6-4-24-5-7-25)14(22)15(11)26(10-2-3-10)20(13)29-18(9)19(23)28/h8,10,24H,2-7H2,1H3,(H2,23,28). The monoisotopic (exact) mass is 418 g/mol. The molecule has 0 bridgehead atoms. The molecule has 6 nitrogen and oxygen atoms in total. The van der Waals surface area contributed by atoms with E-state index in [0.29, 0.717) is 42.0 Å². The number of primary amides is 1. The molecule has 2 aliphatic rings. The van der Waals surface area contributed by atoms with Crippen molar-refractivity contribution in [3.63, 3.8) is 0 Å². The maximum atomic E-state index is 15.8. The number of anilines is 1. The molecule has 1 aliphatic carbocycles. The number of amides is 1. The Balaban J connectivity index is 1.92. The first-order valence-electron chi connectivity index (χ1n) is 9.65. The smallest absolute Gasteiger partial charge is 0.259 e. The number of aryl methyl sites for hydroxylation is 1. The molecule has 3 heterocycles. The van der Waals surface area contributed by atoms with Gasteiger partial charge in [0.25, 0.3) is 5.91 Å². The zero-order valence-corrected chi connectivity index (χ0v) is 16.7. The quantitative estimate of drug-likeness (QED) is 0.685. The van der Waals surface area contributed by atoms with Gasteiger partial charge in [0, 0.05) is 32.2 Å². The first kappa shape index (κ1) is 18.5. The zero-order chi connectivity index (χ0) is 20.4. The molecule has 152 valence electrons. The number of carbonyl (C=O) groups is 1. The Morgan fingerprint density at radius 1 is 1.28 bits per heavy atom. The van der Waals surface area contributed by atoms with E-state index in [1.807, 2.05) is 0 Å². The number of pyridine rings is 1. The first-order chi connectivity index (χ1) is 13.9. The second-order valence-corrected chi connectivity index (χ2v) is 8.68. The van der Waals surface area contributed by atoms with Gasteiger partial charge in [-0.2, -0.15) is 0 Å². The van der Waals surface area contributed by atoms with Crippen LogP contribution in [0.25, 0.3) is 21.1 Å². The summed E-state index contributed by atoms with van der Waals surface area (Å²) in [6.07, 6.45) is 1.69. The van der Waals surface area contributed by atoms with Crippen LogP contribution in [0.1, 0.15) is 34.1 Å². The third-order valence-electron chi connectivity index (χ3n) is 5.80. The zero-order valence-electron chi connectivity index (χ0n) is 15.8. The molecule has 1 amide bonds. The van der Waals surface area contributed by atoms with Crippen LogP contribution in [-0.2, 0) is 0 Å².